The zero-order valence-electron chi connectivity index (χ0n) is 10.7. The van der Waals surface area contributed by atoms with Gasteiger partial charge in [-0.2, -0.15) is 5.10 Å². The van der Waals surface area contributed by atoms with Crippen molar-refractivity contribution in [3.05, 3.63) is 0 Å². The van der Waals surface area contributed by atoms with E-state index in [1.54, 1.807) is 7.05 Å². The van der Waals surface area contributed by atoms with E-state index in [2.05, 4.69) is 5.10 Å². The molecule has 0 fully saturated rings. The molecule has 0 aromatic heterocycles. The van der Waals surface area contributed by atoms with Gasteiger partial charge < -0.3 is 10.0 Å². The molecule has 100 valence electrons. The first kappa shape index (κ1) is 14.1. The third-order valence-corrected chi connectivity index (χ3v) is 2.80. The number of nitrogens with zero attached hydrogens (tertiary/aromatic N) is 3. The van der Waals surface area contributed by atoms with Crippen LogP contribution in [0.25, 0.3) is 0 Å². The summed E-state index contributed by atoms with van der Waals surface area (Å²) in [5.41, 5.74) is -0.0883. The van der Waals surface area contributed by atoms with Gasteiger partial charge in [0.1, 0.15) is 12.3 Å². The van der Waals surface area contributed by atoms with Crippen LogP contribution in [0.4, 0.5) is 0 Å². The first-order valence-electron chi connectivity index (χ1n) is 5.69. The summed E-state index contributed by atoms with van der Waals surface area (Å²) in [6.45, 7) is 3.48. The molecule has 0 unspecified atom stereocenters. The Labute approximate surface area is 105 Å². The number of amides is 2. The van der Waals surface area contributed by atoms with E-state index >= 15 is 0 Å². The first-order chi connectivity index (χ1) is 8.32. The fraction of sp³-hybridized carbons (Fsp3) is 0.636. The van der Waals surface area contributed by atoms with Gasteiger partial charge >= 0.3 is 5.97 Å². The van der Waals surface area contributed by atoms with Crippen molar-refractivity contribution >= 4 is 23.5 Å². The van der Waals surface area contributed by atoms with Crippen LogP contribution in [0.15, 0.2) is 5.10 Å². The molecule has 0 aromatic rings. The van der Waals surface area contributed by atoms with Gasteiger partial charge in [-0.15, -0.1) is 0 Å². The van der Waals surface area contributed by atoms with Crippen LogP contribution in [0.3, 0.4) is 0 Å². The fourth-order valence-corrected chi connectivity index (χ4v) is 1.41. The van der Waals surface area contributed by atoms with Gasteiger partial charge in [-0.1, -0.05) is 0 Å². The van der Waals surface area contributed by atoms with Crippen molar-refractivity contribution < 1.29 is 19.5 Å². The molecular formula is C11H17N3O4. The van der Waals surface area contributed by atoms with E-state index in [1.165, 1.54) is 4.90 Å². The number of aliphatic carboxylic acids is 1. The highest BCUT2D eigenvalue weighted by Gasteiger charge is 2.26. The summed E-state index contributed by atoms with van der Waals surface area (Å²) in [5.74, 6) is -1.75. The predicted octanol–water partition coefficient (Wildman–Crippen LogP) is -0.0838. The number of hydrogen-bond donors (Lipinski definition) is 1. The van der Waals surface area contributed by atoms with Gasteiger partial charge in [0.15, 0.2) is 0 Å². The lowest BCUT2D eigenvalue weighted by atomic mass is 10.1. The third kappa shape index (κ3) is 3.28. The second kappa shape index (κ2) is 5.61. The molecule has 0 spiro atoms. The van der Waals surface area contributed by atoms with Gasteiger partial charge in [-0.3, -0.25) is 9.59 Å². The SMILES string of the molecule is CC(C)N(C)C(=O)CN1N=C(C(=O)O)CCC1=O. The second-order valence-electron chi connectivity index (χ2n) is 4.40. The zero-order chi connectivity index (χ0) is 13.9. The molecule has 0 saturated carbocycles. The average Bonchev–Trinajstić information content (AvgIpc) is 2.30. The van der Waals surface area contributed by atoms with Crippen molar-refractivity contribution in [3.8, 4) is 0 Å². The lowest BCUT2D eigenvalue weighted by Gasteiger charge is -2.26. The van der Waals surface area contributed by atoms with Crippen LogP contribution in [0.5, 0.6) is 0 Å². The van der Waals surface area contributed by atoms with Crippen LogP contribution in [0.1, 0.15) is 26.7 Å². The fourth-order valence-electron chi connectivity index (χ4n) is 1.41. The maximum atomic E-state index is 11.8. The molecule has 7 heteroatoms. The summed E-state index contributed by atoms with van der Waals surface area (Å²) in [4.78, 5) is 35.6. The summed E-state index contributed by atoms with van der Waals surface area (Å²) < 4.78 is 0. The van der Waals surface area contributed by atoms with Gasteiger partial charge in [0.05, 0.1) is 0 Å². The van der Waals surface area contributed by atoms with E-state index in [0.717, 1.165) is 5.01 Å². The molecular weight excluding hydrogens is 238 g/mol. The van der Waals surface area contributed by atoms with Crippen LogP contribution >= 0.6 is 0 Å². The van der Waals surface area contributed by atoms with Gasteiger partial charge in [-0.05, 0) is 13.8 Å². The van der Waals surface area contributed by atoms with E-state index in [9.17, 15) is 14.4 Å². The number of hydrogen-bond acceptors (Lipinski definition) is 4. The summed E-state index contributed by atoms with van der Waals surface area (Å²) in [6, 6.07) is 0.0142. The molecule has 0 atom stereocenters. The number of hydrazone groups is 1. The van der Waals surface area contributed by atoms with E-state index in [-0.39, 0.29) is 43.0 Å². The van der Waals surface area contributed by atoms with Crippen molar-refractivity contribution in [2.24, 2.45) is 5.10 Å². The molecule has 0 saturated heterocycles. The lowest BCUT2D eigenvalue weighted by Crippen LogP contribution is -2.43. The van der Waals surface area contributed by atoms with E-state index in [0.29, 0.717) is 0 Å². The van der Waals surface area contributed by atoms with Crippen LogP contribution in [-0.2, 0) is 14.4 Å². The summed E-state index contributed by atoms with van der Waals surface area (Å²) >= 11 is 0. The number of rotatable bonds is 4. The Hall–Kier alpha value is -1.92. The molecule has 1 heterocycles. The van der Waals surface area contributed by atoms with E-state index in [4.69, 9.17) is 5.11 Å². The molecule has 2 amide bonds. The standard InChI is InChI=1S/C11H17N3O4/c1-7(2)13(3)10(16)6-14-9(15)5-4-8(12-14)11(17)18/h7H,4-6H2,1-3H3,(H,17,18). The molecule has 7 nitrogen and oxygen atoms in total. The van der Waals surface area contributed by atoms with E-state index in [1.807, 2.05) is 13.8 Å². The maximum absolute atomic E-state index is 11.8. The molecule has 1 aliphatic heterocycles. The Morgan fingerprint density at radius 1 is 1.44 bits per heavy atom. The summed E-state index contributed by atoms with van der Waals surface area (Å²) in [6.07, 6.45) is 0.183. The van der Waals surface area contributed by atoms with Crippen LogP contribution in [-0.4, -0.2) is 58.1 Å². The normalized spacial score (nSPS) is 15.7. The Bertz CT molecular complexity index is 403. The van der Waals surface area contributed by atoms with Gasteiger partial charge in [0, 0.05) is 25.9 Å². The number of carbonyl (C=O) groups is 3. The molecule has 18 heavy (non-hydrogen) atoms. The molecule has 0 radical (unpaired) electrons. The highest BCUT2D eigenvalue weighted by atomic mass is 16.4. The Balaban J connectivity index is 2.76. The van der Waals surface area contributed by atoms with Gasteiger partial charge in [0.25, 0.3) is 0 Å². The molecule has 0 aliphatic carbocycles. The molecule has 0 aromatic carbocycles. The molecule has 1 aliphatic rings. The van der Waals surface area contributed by atoms with Crippen LogP contribution in [0, 0.1) is 0 Å². The largest absolute Gasteiger partial charge is 0.477 e. The Morgan fingerprint density at radius 2 is 2.06 bits per heavy atom. The van der Waals surface area contributed by atoms with E-state index < -0.39 is 5.97 Å². The van der Waals surface area contributed by atoms with Crippen LogP contribution < -0.4 is 0 Å². The summed E-state index contributed by atoms with van der Waals surface area (Å²) in [7, 11) is 1.63. The van der Waals surface area contributed by atoms with Crippen molar-refractivity contribution in [1.29, 1.82) is 0 Å². The highest BCUT2D eigenvalue weighted by Crippen LogP contribution is 2.10. The average molecular weight is 255 g/mol. The third-order valence-electron chi connectivity index (χ3n) is 2.80. The topological polar surface area (TPSA) is 90.3 Å². The summed E-state index contributed by atoms with van der Waals surface area (Å²) in [5, 5.41) is 13.4. The number of carboxylic acids is 1. The maximum Gasteiger partial charge on any atom is 0.352 e. The zero-order valence-corrected chi connectivity index (χ0v) is 10.7. The first-order valence-corrected chi connectivity index (χ1v) is 5.69. The molecule has 1 rings (SSSR count). The second-order valence-corrected chi connectivity index (χ2v) is 4.40. The number of carbonyl (C=O) groups excluding carboxylic acids is 2. The smallest absolute Gasteiger partial charge is 0.352 e. The Morgan fingerprint density at radius 3 is 2.56 bits per heavy atom. The van der Waals surface area contributed by atoms with Crippen LogP contribution in [0.2, 0.25) is 0 Å². The van der Waals surface area contributed by atoms with Crippen molar-refractivity contribution in [1.82, 2.24) is 9.91 Å². The predicted molar refractivity (Wildman–Crippen MR) is 63.9 cm³/mol. The lowest BCUT2D eigenvalue weighted by molar-refractivity contribution is -0.141. The number of carboxylic acid groups (broad SMARTS) is 1. The monoisotopic (exact) mass is 255 g/mol. The molecule has 0 bridgehead atoms. The van der Waals surface area contributed by atoms with Crippen molar-refractivity contribution in [2.45, 2.75) is 32.7 Å². The Kier molecular flexibility index (Phi) is 4.41. The molecule has 1 N–H and O–H groups in total. The van der Waals surface area contributed by atoms with Gasteiger partial charge in [-0.25, -0.2) is 9.80 Å². The quantitative estimate of drug-likeness (QED) is 0.760. The minimum atomic E-state index is -1.16. The van der Waals surface area contributed by atoms with Crippen molar-refractivity contribution in [3.63, 3.8) is 0 Å². The minimum Gasteiger partial charge on any atom is -0.477 e. The minimum absolute atomic E-state index is 0.0142. The number of likely N-dealkylation sites (N-methyl/N-ethyl adjacent to an activating group) is 1. The van der Waals surface area contributed by atoms with Gasteiger partial charge in [0.2, 0.25) is 11.8 Å². The van der Waals surface area contributed by atoms with Crippen molar-refractivity contribution in [2.75, 3.05) is 13.6 Å². The highest BCUT2D eigenvalue weighted by molar-refractivity contribution is 6.36.